The third-order valence-electron chi connectivity index (χ3n) is 3.96. The summed E-state index contributed by atoms with van der Waals surface area (Å²) in [6.45, 7) is 0.409. The quantitative estimate of drug-likeness (QED) is 0.757. The molecule has 100 valence electrons. The number of fused-ring (bicyclic) bond motifs is 1. The summed E-state index contributed by atoms with van der Waals surface area (Å²) in [7, 11) is 3.06. The van der Waals surface area contributed by atoms with Crippen LogP contribution in [0, 0.1) is 5.41 Å². The van der Waals surface area contributed by atoms with E-state index in [1.807, 2.05) is 12.1 Å². The second kappa shape index (κ2) is 5.36. The number of hydrogen-bond donors (Lipinski definition) is 2. The highest BCUT2D eigenvalue weighted by molar-refractivity contribution is 5.35. The highest BCUT2D eigenvalue weighted by atomic mass is 16.7. The van der Waals surface area contributed by atoms with Crippen molar-refractivity contribution >= 4 is 0 Å². The van der Waals surface area contributed by atoms with Crippen LogP contribution in [-0.4, -0.2) is 38.3 Å². The molecule has 4 heteroatoms. The predicted octanol–water partition coefficient (Wildman–Crippen LogP) is 0.710. The van der Waals surface area contributed by atoms with Crippen LogP contribution < -0.4 is 5.73 Å². The SMILES string of the molecule is COC(OC)C(O)C1(CN)Cc2ccccc2C1. The zero-order valence-electron chi connectivity index (χ0n) is 10.9. The van der Waals surface area contributed by atoms with Crippen LogP contribution >= 0.6 is 0 Å². The van der Waals surface area contributed by atoms with E-state index in [9.17, 15) is 5.11 Å². The van der Waals surface area contributed by atoms with Gasteiger partial charge in [-0.05, 0) is 24.0 Å². The van der Waals surface area contributed by atoms with E-state index in [2.05, 4.69) is 12.1 Å². The summed E-state index contributed by atoms with van der Waals surface area (Å²) in [4.78, 5) is 0. The fourth-order valence-electron chi connectivity index (χ4n) is 2.84. The Morgan fingerprint density at radius 1 is 1.22 bits per heavy atom. The van der Waals surface area contributed by atoms with Crippen LogP contribution in [0.5, 0.6) is 0 Å². The highest BCUT2D eigenvalue weighted by Gasteiger charge is 2.45. The van der Waals surface area contributed by atoms with Gasteiger partial charge in [-0.1, -0.05) is 24.3 Å². The summed E-state index contributed by atoms with van der Waals surface area (Å²) in [5, 5.41) is 10.5. The Balaban J connectivity index is 2.25. The number of ether oxygens (including phenoxy) is 2. The number of nitrogens with two attached hydrogens (primary N) is 1. The molecule has 18 heavy (non-hydrogen) atoms. The standard InChI is InChI=1S/C14H21NO3/c1-17-13(18-2)12(16)14(9-15)7-10-5-3-4-6-11(10)8-14/h3-6,12-13,16H,7-9,15H2,1-2H3. The molecule has 1 aliphatic rings. The first-order valence-corrected chi connectivity index (χ1v) is 6.17. The van der Waals surface area contributed by atoms with Crippen molar-refractivity contribution in [1.29, 1.82) is 0 Å². The average Bonchev–Trinajstić information content (AvgIpc) is 2.79. The molecule has 0 fully saturated rings. The molecular weight excluding hydrogens is 230 g/mol. The second-order valence-corrected chi connectivity index (χ2v) is 4.97. The van der Waals surface area contributed by atoms with E-state index in [-0.39, 0.29) is 5.41 Å². The number of benzene rings is 1. The van der Waals surface area contributed by atoms with Gasteiger partial charge in [0.05, 0.1) is 0 Å². The zero-order valence-corrected chi connectivity index (χ0v) is 10.9. The number of aliphatic hydroxyl groups is 1. The van der Waals surface area contributed by atoms with Crippen molar-refractivity contribution < 1.29 is 14.6 Å². The largest absolute Gasteiger partial charge is 0.387 e. The molecule has 0 amide bonds. The van der Waals surface area contributed by atoms with Crippen LogP contribution in [0.2, 0.25) is 0 Å². The molecule has 0 saturated heterocycles. The van der Waals surface area contributed by atoms with Gasteiger partial charge in [-0.2, -0.15) is 0 Å². The van der Waals surface area contributed by atoms with Gasteiger partial charge in [0, 0.05) is 26.2 Å². The summed E-state index contributed by atoms with van der Waals surface area (Å²) in [6, 6.07) is 8.21. The van der Waals surface area contributed by atoms with E-state index in [0.717, 1.165) is 12.8 Å². The number of rotatable bonds is 5. The Labute approximate surface area is 108 Å². The molecule has 3 N–H and O–H groups in total. The summed E-state index contributed by atoms with van der Waals surface area (Å²) < 4.78 is 10.3. The minimum atomic E-state index is -0.732. The van der Waals surface area contributed by atoms with Gasteiger partial charge >= 0.3 is 0 Å². The molecule has 1 aliphatic carbocycles. The molecule has 4 nitrogen and oxygen atoms in total. The van der Waals surface area contributed by atoms with Crippen LogP contribution in [0.15, 0.2) is 24.3 Å². The van der Waals surface area contributed by atoms with Gasteiger partial charge in [0.1, 0.15) is 6.10 Å². The molecule has 0 saturated carbocycles. The van der Waals surface area contributed by atoms with E-state index in [1.165, 1.54) is 25.3 Å². The lowest BCUT2D eigenvalue weighted by molar-refractivity contribution is -0.195. The van der Waals surface area contributed by atoms with Crippen molar-refractivity contribution in [2.75, 3.05) is 20.8 Å². The minimum absolute atomic E-state index is 0.389. The molecular formula is C14H21NO3. The Morgan fingerprint density at radius 3 is 2.11 bits per heavy atom. The molecule has 0 aliphatic heterocycles. The normalized spacial score (nSPS) is 18.9. The highest BCUT2D eigenvalue weighted by Crippen LogP contribution is 2.40. The van der Waals surface area contributed by atoms with Gasteiger partial charge in [-0.25, -0.2) is 0 Å². The molecule has 0 heterocycles. The third kappa shape index (κ3) is 2.17. The van der Waals surface area contributed by atoms with Crippen LogP contribution in [0.25, 0.3) is 0 Å². The summed E-state index contributed by atoms with van der Waals surface area (Å²) in [6.07, 6.45) is 0.168. The van der Waals surface area contributed by atoms with E-state index in [4.69, 9.17) is 15.2 Å². The minimum Gasteiger partial charge on any atom is -0.387 e. The lowest BCUT2D eigenvalue weighted by Crippen LogP contribution is -2.50. The van der Waals surface area contributed by atoms with Crippen molar-refractivity contribution in [3.63, 3.8) is 0 Å². The number of aliphatic hydroxyl groups excluding tert-OH is 1. The first kappa shape index (κ1) is 13.5. The van der Waals surface area contributed by atoms with E-state index in [0.29, 0.717) is 6.54 Å². The Kier molecular flexibility index (Phi) is 4.02. The fraction of sp³-hybridized carbons (Fsp3) is 0.571. The van der Waals surface area contributed by atoms with Gasteiger partial charge in [0.2, 0.25) is 0 Å². The molecule has 0 spiro atoms. The van der Waals surface area contributed by atoms with E-state index < -0.39 is 12.4 Å². The molecule has 1 atom stereocenters. The fourth-order valence-corrected chi connectivity index (χ4v) is 2.84. The van der Waals surface area contributed by atoms with Crippen LogP contribution in [0.4, 0.5) is 0 Å². The predicted molar refractivity (Wildman–Crippen MR) is 69.2 cm³/mol. The van der Waals surface area contributed by atoms with Crippen LogP contribution in [-0.2, 0) is 22.3 Å². The summed E-state index contributed by atoms with van der Waals surface area (Å²) in [5.74, 6) is 0. The lowest BCUT2D eigenvalue weighted by Gasteiger charge is -2.36. The molecule has 1 unspecified atom stereocenters. The van der Waals surface area contributed by atoms with E-state index >= 15 is 0 Å². The number of hydrogen-bond acceptors (Lipinski definition) is 4. The lowest BCUT2D eigenvalue weighted by atomic mass is 9.78. The Bertz CT molecular complexity index is 379. The van der Waals surface area contributed by atoms with Gasteiger partial charge < -0.3 is 20.3 Å². The maximum absolute atomic E-state index is 10.5. The van der Waals surface area contributed by atoms with Gasteiger partial charge in [-0.3, -0.25) is 0 Å². The van der Waals surface area contributed by atoms with Gasteiger partial charge in [0.15, 0.2) is 6.29 Å². The van der Waals surface area contributed by atoms with Crippen molar-refractivity contribution in [2.45, 2.75) is 25.2 Å². The topological polar surface area (TPSA) is 64.7 Å². The molecule has 1 aromatic rings. The average molecular weight is 251 g/mol. The monoisotopic (exact) mass is 251 g/mol. The maximum atomic E-state index is 10.5. The number of methoxy groups -OCH3 is 2. The van der Waals surface area contributed by atoms with Crippen molar-refractivity contribution in [2.24, 2.45) is 11.1 Å². The third-order valence-corrected chi connectivity index (χ3v) is 3.96. The second-order valence-electron chi connectivity index (χ2n) is 4.97. The summed E-state index contributed by atoms with van der Waals surface area (Å²) >= 11 is 0. The molecule has 0 radical (unpaired) electrons. The molecule has 0 aromatic heterocycles. The Morgan fingerprint density at radius 2 is 1.72 bits per heavy atom. The smallest absolute Gasteiger partial charge is 0.183 e. The van der Waals surface area contributed by atoms with Crippen molar-refractivity contribution in [3.8, 4) is 0 Å². The molecule has 2 rings (SSSR count). The van der Waals surface area contributed by atoms with Crippen LogP contribution in [0.3, 0.4) is 0 Å². The van der Waals surface area contributed by atoms with Crippen molar-refractivity contribution in [1.82, 2.24) is 0 Å². The Hall–Kier alpha value is -0.940. The van der Waals surface area contributed by atoms with Crippen LogP contribution in [0.1, 0.15) is 11.1 Å². The molecule has 0 bridgehead atoms. The first-order valence-electron chi connectivity index (χ1n) is 6.17. The maximum Gasteiger partial charge on any atom is 0.183 e. The zero-order chi connectivity index (χ0) is 13.2. The van der Waals surface area contributed by atoms with Gasteiger partial charge in [0.25, 0.3) is 0 Å². The summed E-state index contributed by atoms with van der Waals surface area (Å²) in [5.41, 5.74) is 8.05. The van der Waals surface area contributed by atoms with Gasteiger partial charge in [-0.15, -0.1) is 0 Å². The van der Waals surface area contributed by atoms with E-state index in [1.54, 1.807) is 0 Å². The first-order chi connectivity index (χ1) is 8.66. The van der Waals surface area contributed by atoms with Crippen molar-refractivity contribution in [3.05, 3.63) is 35.4 Å². The molecule has 1 aromatic carbocycles.